The molecule has 3 rings (SSSR count). The van der Waals surface area contributed by atoms with Crippen LogP contribution in [0.25, 0.3) is 16.8 Å². The molecule has 0 unspecified atom stereocenters. The molecule has 0 spiro atoms. The first-order valence-corrected chi connectivity index (χ1v) is 7.59. The van der Waals surface area contributed by atoms with E-state index in [9.17, 15) is 8.78 Å². The first-order chi connectivity index (χ1) is 13.0. The molecule has 27 heavy (non-hydrogen) atoms. The van der Waals surface area contributed by atoms with Gasteiger partial charge in [0.25, 0.3) is 0 Å². The highest BCUT2D eigenvalue weighted by molar-refractivity contribution is 6.00. The maximum Gasteiger partial charge on any atom is 0.387 e. The first kappa shape index (κ1) is 18.0. The van der Waals surface area contributed by atoms with Crippen molar-refractivity contribution in [2.45, 2.75) is 6.61 Å². The molecule has 0 amide bonds. The molecule has 0 aliphatic rings. The zero-order valence-corrected chi connectivity index (χ0v) is 14.1. The number of ether oxygens (including phenoxy) is 2. The van der Waals surface area contributed by atoms with Gasteiger partial charge in [0, 0.05) is 11.6 Å². The van der Waals surface area contributed by atoms with Crippen molar-refractivity contribution in [2.75, 3.05) is 12.4 Å². The molecule has 140 valence electrons. The van der Waals surface area contributed by atoms with E-state index in [-0.39, 0.29) is 28.8 Å². The number of nitrogens with one attached hydrogen (secondary N) is 2. The number of benzene rings is 1. The van der Waals surface area contributed by atoms with Gasteiger partial charge in [0.05, 0.1) is 18.8 Å². The van der Waals surface area contributed by atoms with Gasteiger partial charge >= 0.3 is 6.61 Å². The summed E-state index contributed by atoms with van der Waals surface area (Å²) >= 11 is 0. The predicted octanol–water partition coefficient (Wildman–Crippen LogP) is 2.26. The Morgan fingerprint density at radius 2 is 2.19 bits per heavy atom. The summed E-state index contributed by atoms with van der Waals surface area (Å²) in [6.45, 7) is -3.02. The standard InChI is InChI=1S/C16H15F2N7O2/c1-26-9-2-3-10(12(6-9)27-15(17)18)14-11-7-21-8-25(11)16(24-23-14)22-13(20)4-5-19/h2-8,15H,19H2,1H3,(H2,20,22,24)/b5-4-. The largest absolute Gasteiger partial charge is 0.497 e. The van der Waals surface area contributed by atoms with Crippen molar-refractivity contribution in [1.82, 2.24) is 19.6 Å². The van der Waals surface area contributed by atoms with Crippen molar-refractivity contribution in [2.24, 2.45) is 5.73 Å². The van der Waals surface area contributed by atoms with Crippen LogP contribution in [-0.4, -0.2) is 39.1 Å². The Morgan fingerprint density at radius 1 is 1.37 bits per heavy atom. The minimum atomic E-state index is -3.02. The van der Waals surface area contributed by atoms with E-state index in [1.165, 1.54) is 42.4 Å². The summed E-state index contributed by atoms with van der Waals surface area (Å²) in [5.74, 6) is 0.438. The fourth-order valence-corrected chi connectivity index (χ4v) is 2.39. The van der Waals surface area contributed by atoms with Crippen LogP contribution in [0.3, 0.4) is 0 Å². The number of amidine groups is 1. The number of alkyl halides is 2. The Morgan fingerprint density at radius 3 is 2.89 bits per heavy atom. The number of methoxy groups -OCH3 is 1. The molecule has 9 nitrogen and oxygen atoms in total. The number of halogens is 2. The predicted molar refractivity (Wildman–Crippen MR) is 94.1 cm³/mol. The van der Waals surface area contributed by atoms with Crippen molar-refractivity contribution in [1.29, 1.82) is 5.41 Å². The van der Waals surface area contributed by atoms with Crippen molar-refractivity contribution in [3.63, 3.8) is 0 Å². The molecule has 0 aliphatic carbocycles. The van der Waals surface area contributed by atoms with E-state index in [0.29, 0.717) is 11.3 Å². The van der Waals surface area contributed by atoms with Crippen LogP contribution in [0.4, 0.5) is 14.7 Å². The number of rotatable bonds is 6. The maximum absolute atomic E-state index is 12.8. The monoisotopic (exact) mass is 375 g/mol. The number of nitrogens with two attached hydrogens (primary N) is 1. The lowest BCUT2D eigenvalue weighted by atomic mass is 10.1. The third-order valence-corrected chi connectivity index (χ3v) is 3.52. The van der Waals surface area contributed by atoms with Crippen LogP contribution in [0.5, 0.6) is 11.5 Å². The van der Waals surface area contributed by atoms with E-state index in [0.717, 1.165) is 0 Å². The smallest absolute Gasteiger partial charge is 0.387 e. The summed E-state index contributed by atoms with van der Waals surface area (Å²) in [5.41, 5.74) is 6.29. The van der Waals surface area contributed by atoms with Crippen molar-refractivity contribution in [3.05, 3.63) is 43.0 Å². The molecule has 2 heterocycles. The molecule has 11 heteroatoms. The van der Waals surface area contributed by atoms with Gasteiger partial charge in [0.1, 0.15) is 29.4 Å². The minimum absolute atomic E-state index is 0.0132. The lowest BCUT2D eigenvalue weighted by Crippen LogP contribution is -2.14. The summed E-state index contributed by atoms with van der Waals surface area (Å²) in [5, 5.41) is 18.5. The molecule has 4 N–H and O–H groups in total. The molecule has 2 aromatic heterocycles. The van der Waals surface area contributed by atoms with Crippen LogP contribution >= 0.6 is 0 Å². The topological polar surface area (TPSA) is 123 Å². The third-order valence-electron chi connectivity index (χ3n) is 3.52. The van der Waals surface area contributed by atoms with Crippen molar-refractivity contribution in [3.8, 4) is 22.8 Å². The van der Waals surface area contributed by atoms with Crippen LogP contribution in [-0.2, 0) is 0 Å². The second-order valence-corrected chi connectivity index (χ2v) is 5.16. The van der Waals surface area contributed by atoms with Gasteiger partial charge in [-0.25, -0.2) is 4.98 Å². The highest BCUT2D eigenvalue weighted by Gasteiger charge is 2.18. The van der Waals surface area contributed by atoms with Crippen LogP contribution in [0.2, 0.25) is 0 Å². The zero-order valence-electron chi connectivity index (χ0n) is 14.1. The van der Waals surface area contributed by atoms with Crippen LogP contribution in [0.1, 0.15) is 0 Å². The zero-order chi connectivity index (χ0) is 19.4. The molecule has 0 atom stereocenters. The summed E-state index contributed by atoms with van der Waals surface area (Å²) in [6, 6.07) is 4.47. The normalized spacial score (nSPS) is 11.3. The first-order valence-electron chi connectivity index (χ1n) is 7.59. The van der Waals surface area contributed by atoms with Gasteiger partial charge in [-0.3, -0.25) is 9.81 Å². The van der Waals surface area contributed by atoms with Gasteiger partial charge in [-0.05, 0) is 24.4 Å². The van der Waals surface area contributed by atoms with E-state index in [2.05, 4.69) is 25.2 Å². The lowest BCUT2D eigenvalue weighted by Gasteiger charge is -2.13. The molecule has 0 aliphatic heterocycles. The molecular formula is C16H15F2N7O2. The highest BCUT2D eigenvalue weighted by Crippen LogP contribution is 2.35. The lowest BCUT2D eigenvalue weighted by molar-refractivity contribution is -0.0495. The van der Waals surface area contributed by atoms with Crippen molar-refractivity contribution >= 4 is 17.3 Å². The van der Waals surface area contributed by atoms with Gasteiger partial charge in [0.15, 0.2) is 0 Å². The second kappa shape index (κ2) is 7.64. The summed E-state index contributed by atoms with van der Waals surface area (Å²) in [7, 11) is 1.42. The van der Waals surface area contributed by atoms with Gasteiger partial charge in [-0.15, -0.1) is 10.2 Å². The molecule has 0 saturated heterocycles. The Labute approximate surface area is 152 Å². The summed E-state index contributed by atoms with van der Waals surface area (Å²) < 4.78 is 36.8. The average molecular weight is 375 g/mol. The molecule has 0 fully saturated rings. The minimum Gasteiger partial charge on any atom is -0.497 e. The number of imidazole rings is 1. The molecule has 0 radical (unpaired) electrons. The number of aromatic nitrogens is 4. The van der Waals surface area contributed by atoms with Gasteiger partial charge in [-0.2, -0.15) is 8.78 Å². The fourth-order valence-electron chi connectivity index (χ4n) is 2.39. The second-order valence-electron chi connectivity index (χ2n) is 5.16. The number of fused-ring (bicyclic) bond motifs is 1. The average Bonchev–Trinajstić information content (AvgIpc) is 3.12. The van der Waals surface area contributed by atoms with E-state index >= 15 is 0 Å². The van der Waals surface area contributed by atoms with Crippen LogP contribution in [0.15, 0.2) is 43.0 Å². The Bertz CT molecular complexity index is 1000. The van der Waals surface area contributed by atoms with Gasteiger partial charge in [-0.1, -0.05) is 0 Å². The van der Waals surface area contributed by atoms with Crippen LogP contribution in [0, 0.1) is 5.41 Å². The Hall–Kier alpha value is -3.76. The number of hydrogen-bond acceptors (Lipinski definition) is 7. The van der Waals surface area contributed by atoms with E-state index in [4.69, 9.17) is 15.9 Å². The van der Waals surface area contributed by atoms with E-state index in [1.54, 1.807) is 12.1 Å². The molecule has 0 saturated carbocycles. The third kappa shape index (κ3) is 3.76. The summed E-state index contributed by atoms with van der Waals surface area (Å²) in [6.07, 6.45) is 5.48. The number of anilines is 1. The maximum atomic E-state index is 12.8. The number of nitrogens with zero attached hydrogens (tertiary/aromatic N) is 4. The van der Waals surface area contributed by atoms with E-state index < -0.39 is 6.61 Å². The fraction of sp³-hybridized carbons (Fsp3) is 0.125. The van der Waals surface area contributed by atoms with E-state index in [1.807, 2.05) is 0 Å². The molecule has 3 aromatic rings. The molecular weight excluding hydrogens is 360 g/mol. The highest BCUT2D eigenvalue weighted by atomic mass is 19.3. The molecule has 0 bridgehead atoms. The van der Waals surface area contributed by atoms with Gasteiger partial charge in [0.2, 0.25) is 5.95 Å². The van der Waals surface area contributed by atoms with Gasteiger partial charge < -0.3 is 20.5 Å². The number of hydrogen-bond donors (Lipinski definition) is 3. The Balaban J connectivity index is 2.11. The Kier molecular flexibility index (Phi) is 5.11. The molecule has 1 aromatic carbocycles. The van der Waals surface area contributed by atoms with Crippen LogP contribution < -0.4 is 20.5 Å². The quantitative estimate of drug-likeness (QED) is 0.446. The summed E-state index contributed by atoms with van der Waals surface area (Å²) in [4.78, 5) is 4.04. The van der Waals surface area contributed by atoms with Crippen molar-refractivity contribution < 1.29 is 18.3 Å². The SMILES string of the molecule is COc1ccc(-c2nnc(NC(=N)/C=C\N)n3cncc23)c(OC(F)F)c1.